The topological polar surface area (TPSA) is 63.4 Å². The first-order valence-corrected chi connectivity index (χ1v) is 12.6. The van der Waals surface area contributed by atoms with Gasteiger partial charge in [0.2, 0.25) is 26.6 Å². The molecule has 0 spiro atoms. The van der Waals surface area contributed by atoms with Crippen LogP contribution >= 0.6 is 0 Å². The molecule has 5 rings (SSSR count). The van der Waals surface area contributed by atoms with Gasteiger partial charge in [-0.15, -0.1) is 0 Å². The first-order chi connectivity index (χ1) is 15.6. The van der Waals surface area contributed by atoms with Crippen LogP contribution in [-0.4, -0.2) is 26.5 Å². The van der Waals surface area contributed by atoms with E-state index < -0.39 is 9.84 Å². The van der Waals surface area contributed by atoms with Gasteiger partial charge in [0.05, 0.1) is 4.90 Å². The SMILES string of the molecule is CCc1ccc(S(=O)(=O)c2nc(-c3cccc4ccccc34)oc2N2CCCCC2)cc1. The van der Waals surface area contributed by atoms with E-state index in [1.807, 2.05) is 66.4 Å². The van der Waals surface area contributed by atoms with Gasteiger partial charge in [-0.1, -0.05) is 55.5 Å². The highest BCUT2D eigenvalue weighted by Crippen LogP contribution is 2.37. The van der Waals surface area contributed by atoms with Crippen LogP contribution in [0.5, 0.6) is 0 Å². The van der Waals surface area contributed by atoms with E-state index >= 15 is 0 Å². The number of benzene rings is 3. The Hall–Kier alpha value is -3.12. The van der Waals surface area contributed by atoms with E-state index in [0.29, 0.717) is 11.8 Å². The van der Waals surface area contributed by atoms with Gasteiger partial charge in [0.1, 0.15) is 0 Å². The molecule has 1 aliphatic rings. The van der Waals surface area contributed by atoms with Crippen molar-refractivity contribution in [3.8, 4) is 11.5 Å². The molecule has 0 amide bonds. The highest BCUT2D eigenvalue weighted by molar-refractivity contribution is 7.91. The van der Waals surface area contributed by atoms with Crippen molar-refractivity contribution in [3.63, 3.8) is 0 Å². The maximum Gasteiger partial charge on any atom is 0.236 e. The predicted octanol–water partition coefficient (Wildman–Crippen LogP) is 5.88. The molecule has 0 atom stereocenters. The molecule has 32 heavy (non-hydrogen) atoms. The van der Waals surface area contributed by atoms with Crippen molar-refractivity contribution in [2.45, 2.75) is 42.5 Å². The van der Waals surface area contributed by atoms with Crippen molar-refractivity contribution >= 4 is 26.5 Å². The molecule has 0 radical (unpaired) electrons. The number of oxazole rings is 1. The molecule has 1 aromatic heterocycles. The van der Waals surface area contributed by atoms with Crippen molar-refractivity contribution in [3.05, 3.63) is 72.3 Å². The number of hydrogen-bond donors (Lipinski definition) is 0. The number of anilines is 1. The fraction of sp³-hybridized carbons (Fsp3) is 0.269. The molecule has 0 bridgehead atoms. The molecule has 1 saturated heterocycles. The molecule has 1 aliphatic heterocycles. The van der Waals surface area contributed by atoms with Gasteiger partial charge in [-0.2, -0.15) is 4.98 Å². The third kappa shape index (κ3) is 3.69. The number of rotatable bonds is 5. The van der Waals surface area contributed by atoms with Crippen LogP contribution in [0.2, 0.25) is 0 Å². The summed E-state index contributed by atoms with van der Waals surface area (Å²) in [6.07, 6.45) is 4.01. The molecule has 0 aliphatic carbocycles. The highest BCUT2D eigenvalue weighted by Gasteiger charge is 2.32. The van der Waals surface area contributed by atoms with Gasteiger partial charge in [-0.25, -0.2) is 8.42 Å². The number of sulfone groups is 1. The second-order valence-electron chi connectivity index (χ2n) is 8.20. The Bertz CT molecular complexity index is 1350. The fourth-order valence-corrected chi connectivity index (χ4v) is 5.63. The molecule has 3 aromatic carbocycles. The van der Waals surface area contributed by atoms with Crippen molar-refractivity contribution in [2.24, 2.45) is 0 Å². The Kier molecular flexibility index (Phi) is 5.47. The number of nitrogens with zero attached hydrogens (tertiary/aromatic N) is 2. The minimum absolute atomic E-state index is 0.00610. The van der Waals surface area contributed by atoms with E-state index in [1.165, 1.54) is 0 Å². The van der Waals surface area contributed by atoms with Crippen LogP contribution in [0.1, 0.15) is 31.7 Å². The first kappa shape index (κ1) is 20.8. The maximum absolute atomic E-state index is 13.7. The Labute approximate surface area is 188 Å². The largest absolute Gasteiger partial charge is 0.419 e. The molecule has 2 heterocycles. The minimum Gasteiger partial charge on any atom is -0.419 e. The zero-order chi connectivity index (χ0) is 22.1. The lowest BCUT2D eigenvalue weighted by Crippen LogP contribution is -2.30. The van der Waals surface area contributed by atoms with Gasteiger partial charge in [-0.05, 0) is 60.2 Å². The summed E-state index contributed by atoms with van der Waals surface area (Å²) in [7, 11) is -3.83. The van der Waals surface area contributed by atoms with Gasteiger partial charge < -0.3 is 9.32 Å². The lowest BCUT2D eigenvalue weighted by atomic mass is 10.0. The second kappa shape index (κ2) is 8.43. The molecule has 0 N–H and O–H groups in total. The van der Waals surface area contributed by atoms with Crippen LogP contribution in [0, 0.1) is 0 Å². The van der Waals surface area contributed by atoms with Crippen molar-refractivity contribution in [2.75, 3.05) is 18.0 Å². The lowest BCUT2D eigenvalue weighted by molar-refractivity contribution is 0.499. The second-order valence-corrected chi connectivity index (χ2v) is 10.1. The van der Waals surface area contributed by atoms with Crippen LogP contribution < -0.4 is 4.90 Å². The number of aromatic nitrogens is 1. The van der Waals surface area contributed by atoms with Crippen LogP contribution in [0.25, 0.3) is 22.2 Å². The number of hydrogen-bond acceptors (Lipinski definition) is 5. The Morgan fingerprint density at radius 2 is 1.62 bits per heavy atom. The smallest absolute Gasteiger partial charge is 0.236 e. The molecule has 164 valence electrons. The van der Waals surface area contributed by atoms with Gasteiger partial charge in [-0.3, -0.25) is 0 Å². The van der Waals surface area contributed by atoms with E-state index in [4.69, 9.17) is 4.42 Å². The van der Waals surface area contributed by atoms with Gasteiger partial charge >= 0.3 is 0 Å². The average Bonchev–Trinajstić information content (AvgIpc) is 3.30. The summed E-state index contributed by atoms with van der Waals surface area (Å²) in [5.74, 6) is 0.693. The lowest BCUT2D eigenvalue weighted by Gasteiger charge is -2.26. The Morgan fingerprint density at radius 3 is 2.38 bits per heavy atom. The molecule has 5 nitrogen and oxygen atoms in total. The normalized spacial score (nSPS) is 14.7. The van der Waals surface area contributed by atoms with E-state index in [-0.39, 0.29) is 9.92 Å². The van der Waals surface area contributed by atoms with E-state index in [9.17, 15) is 8.42 Å². The number of fused-ring (bicyclic) bond motifs is 1. The fourth-order valence-electron chi connectivity index (χ4n) is 4.31. The summed E-state index contributed by atoms with van der Waals surface area (Å²) < 4.78 is 33.5. The number of piperidine rings is 1. The van der Waals surface area contributed by atoms with Crippen molar-refractivity contribution in [1.29, 1.82) is 0 Å². The Morgan fingerprint density at radius 1 is 0.906 bits per heavy atom. The van der Waals surface area contributed by atoms with E-state index in [1.54, 1.807) is 12.1 Å². The molecule has 0 unspecified atom stereocenters. The summed E-state index contributed by atoms with van der Waals surface area (Å²) in [4.78, 5) is 6.87. The van der Waals surface area contributed by atoms with Crippen molar-refractivity contribution in [1.82, 2.24) is 4.98 Å². The highest BCUT2D eigenvalue weighted by atomic mass is 32.2. The maximum atomic E-state index is 13.7. The van der Waals surface area contributed by atoms with Gasteiger partial charge in [0.25, 0.3) is 0 Å². The molecule has 6 heteroatoms. The standard InChI is InChI=1S/C26H26N2O3S/c1-2-19-13-15-21(16-14-19)32(29,30)25-26(28-17-6-3-7-18-28)31-24(27-25)23-12-8-10-20-9-4-5-11-22(20)23/h4-5,8-16H,2-3,6-7,17-18H2,1H3. The molecule has 1 fully saturated rings. The summed E-state index contributed by atoms with van der Waals surface area (Å²) in [5.41, 5.74) is 1.89. The summed E-state index contributed by atoms with van der Waals surface area (Å²) in [6.45, 7) is 3.58. The minimum atomic E-state index is -3.83. The molecular weight excluding hydrogens is 420 g/mol. The van der Waals surface area contributed by atoms with Gasteiger partial charge in [0, 0.05) is 18.7 Å². The van der Waals surface area contributed by atoms with Crippen molar-refractivity contribution < 1.29 is 12.8 Å². The first-order valence-electron chi connectivity index (χ1n) is 11.2. The third-order valence-corrected chi connectivity index (χ3v) is 7.81. The van der Waals surface area contributed by atoms with Crippen LogP contribution in [0.15, 0.2) is 81.1 Å². The Balaban J connectivity index is 1.68. The quantitative estimate of drug-likeness (QED) is 0.383. The van der Waals surface area contributed by atoms with Crippen LogP contribution in [0.4, 0.5) is 5.88 Å². The third-order valence-electron chi connectivity index (χ3n) is 6.14. The summed E-state index contributed by atoms with van der Waals surface area (Å²) in [5, 5.41) is 2.05. The average molecular weight is 447 g/mol. The van der Waals surface area contributed by atoms with E-state index in [2.05, 4.69) is 4.98 Å². The summed E-state index contributed by atoms with van der Waals surface area (Å²) in [6, 6.07) is 20.9. The van der Waals surface area contributed by atoms with Crippen LogP contribution in [-0.2, 0) is 16.3 Å². The predicted molar refractivity (Wildman–Crippen MR) is 127 cm³/mol. The zero-order valence-corrected chi connectivity index (χ0v) is 18.9. The number of aryl methyl sites for hydroxylation is 1. The van der Waals surface area contributed by atoms with Gasteiger partial charge in [0.15, 0.2) is 0 Å². The molecule has 4 aromatic rings. The van der Waals surface area contributed by atoms with E-state index in [0.717, 1.165) is 60.7 Å². The molecular formula is C26H26N2O3S. The van der Waals surface area contributed by atoms with Crippen LogP contribution in [0.3, 0.4) is 0 Å². The monoisotopic (exact) mass is 446 g/mol. The molecule has 0 saturated carbocycles. The zero-order valence-electron chi connectivity index (χ0n) is 18.1. The summed E-state index contributed by atoms with van der Waals surface area (Å²) >= 11 is 0.